The van der Waals surface area contributed by atoms with Crippen molar-refractivity contribution in [2.24, 2.45) is 4.99 Å². The first kappa shape index (κ1) is 16.6. The number of hydrogen-bond acceptors (Lipinski definition) is 3. The maximum absolute atomic E-state index is 12.4. The summed E-state index contributed by atoms with van der Waals surface area (Å²) in [7, 11) is 0. The molecule has 24 heavy (non-hydrogen) atoms. The highest BCUT2D eigenvalue weighted by atomic mass is 35.5. The van der Waals surface area contributed by atoms with Crippen LogP contribution in [0.15, 0.2) is 59.4 Å². The minimum absolute atomic E-state index is 0.277. The van der Waals surface area contributed by atoms with Gasteiger partial charge in [-0.3, -0.25) is 4.79 Å². The molecule has 3 rings (SSSR count). The van der Waals surface area contributed by atoms with Gasteiger partial charge in [0.25, 0.3) is 5.91 Å². The van der Waals surface area contributed by atoms with Crippen molar-refractivity contribution < 1.29 is 4.79 Å². The number of aliphatic imine (C=N–C) groups is 1. The van der Waals surface area contributed by atoms with Gasteiger partial charge in [0.2, 0.25) is 0 Å². The second kappa shape index (κ2) is 7.07. The van der Waals surface area contributed by atoms with Crippen molar-refractivity contribution in [2.45, 2.75) is 6.92 Å². The second-order valence-electron chi connectivity index (χ2n) is 5.17. The number of nitrogens with one attached hydrogen (secondary N) is 2. The monoisotopic (exact) mass is 359 g/mol. The first-order valence-electron chi connectivity index (χ1n) is 7.48. The largest absolute Gasteiger partial charge is 0.389 e. The Morgan fingerprint density at radius 3 is 2.71 bits per heavy atom. The van der Waals surface area contributed by atoms with Crippen molar-refractivity contribution in [1.29, 1.82) is 0 Å². The van der Waals surface area contributed by atoms with E-state index in [0.717, 1.165) is 11.1 Å². The highest BCUT2D eigenvalue weighted by molar-refractivity contribution is 6.37. The van der Waals surface area contributed by atoms with Crippen molar-refractivity contribution in [2.75, 3.05) is 11.9 Å². The number of fused-ring (bicyclic) bond motifs is 1. The van der Waals surface area contributed by atoms with Crippen LogP contribution < -0.4 is 10.6 Å². The van der Waals surface area contributed by atoms with Crippen molar-refractivity contribution in [1.82, 2.24) is 5.32 Å². The number of benzodiazepines with no additional fused rings is 1. The molecule has 0 atom stereocenters. The average Bonchev–Trinajstić information content (AvgIpc) is 2.70. The molecule has 1 aliphatic rings. The van der Waals surface area contributed by atoms with E-state index in [2.05, 4.69) is 15.6 Å². The molecular weight excluding hydrogens is 345 g/mol. The van der Waals surface area contributed by atoms with E-state index in [1.54, 1.807) is 30.5 Å². The highest BCUT2D eigenvalue weighted by Gasteiger charge is 2.23. The molecule has 0 unspecified atom stereocenters. The van der Waals surface area contributed by atoms with E-state index in [4.69, 9.17) is 23.2 Å². The fraction of sp³-hybridized carbons (Fsp3) is 0.111. The van der Waals surface area contributed by atoms with Gasteiger partial charge in [0.05, 0.1) is 11.4 Å². The molecule has 2 aromatic carbocycles. The Morgan fingerprint density at radius 2 is 1.96 bits per heavy atom. The highest BCUT2D eigenvalue weighted by Crippen LogP contribution is 2.30. The molecule has 0 saturated heterocycles. The number of amides is 1. The van der Waals surface area contributed by atoms with Gasteiger partial charge in [-0.25, -0.2) is 4.99 Å². The molecule has 6 heteroatoms. The lowest BCUT2D eigenvalue weighted by atomic mass is 10.0. The summed E-state index contributed by atoms with van der Waals surface area (Å²) in [6.07, 6.45) is 1.60. The molecule has 122 valence electrons. The maximum Gasteiger partial charge on any atom is 0.275 e. The van der Waals surface area contributed by atoms with Gasteiger partial charge in [0, 0.05) is 33.9 Å². The zero-order valence-electron chi connectivity index (χ0n) is 12.9. The molecule has 0 radical (unpaired) electrons. The van der Waals surface area contributed by atoms with Gasteiger partial charge in [-0.2, -0.15) is 0 Å². The van der Waals surface area contributed by atoms with Crippen LogP contribution in [-0.2, 0) is 4.79 Å². The molecule has 0 bridgehead atoms. The second-order valence-corrected chi connectivity index (χ2v) is 6.02. The number of carbonyl (C=O) groups is 1. The summed E-state index contributed by atoms with van der Waals surface area (Å²) in [4.78, 5) is 17.0. The Morgan fingerprint density at radius 1 is 1.17 bits per heavy atom. The fourth-order valence-electron chi connectivity index (χ4n) is 2.39. The van der Waals surface area contributed by atoms with Crippen LogP contribution in [0.5, 0.6) is 0 Å². The van der Waals surface area contributed by atoms with Gasteiger partial charge in [-0.15, -0.1) is 0 Å². The van der Waals surface area contributed by atoms with E-state index < -0.39 is 0 Å². The summed E-state index contributed by atoms with van der Waals surface area (Å²) >= 11 is 12.5. The van der Waals surface area contributed by atoms with Crippen LogP contribution in [0.25, 0.3) is 0 Å². The van der Waals surface area contributed by atoms with Gasteiger partial charge in [-0.05, 0) is 31.2 Å². The molecule has 2 aromatic rings. The Hall–Kier alpha value is -2.30. The third-order valence-electron chi connectivity index (χ3n) is 3.52. The van der Waals surface area contributed by atoms with Crippen LogP contribution in [0.4, 0.5) is 5.69 Å². The zero-order chi connectivity index (χ0) is 17.1. The lowest BCUT2D eigenvalue weighted by molar-refractivity contribution is -0.112. The van der Waals surface area contributed by atoms with Crippen LogP contribution in [0.2, 0.25) is 10.0 Å². The van der Waals surface area contributed by atoms with E-state index in [-0.39, 0.29) is 11.6 Å². The molecule has 0 saturated carbocycles. The Balaban J connectivity index is 2.25. The third kappa shape index (κ3) is 3.30. The van der Waals surface area contributed by atoms with Gasteiger partial charge < -0.3 is 10.6 Å². The molecule has 1 amide bonds. The quantitative estimate of drug-likeness (QED) is 0.805. The summed E-state index contributed by atoms with van der Waals surface area (Å²) < 4.78 is 0. The smallest absolute Gasteiger partial charge is 0.275 e. The first-order chi connectivity index (χ1) is 11.6. The number of benzene rings is 2. The number of halogens is 2. The molecule has 4 nitrogen and oxygen atoms in total. The van der Waals surface area contributed by atoms with Crippen molar-refractivity contribution in [3.05, 3.63) is 75.5 Å². The number of rotatable bonds is 3. The van der Waals surface area contributed by atoms with Gasteiger partial charge >= 0.3 is 0 Å². The van der Waals surface area contributed by atoms with E-state index in [1.165, 1.54) is 0 Å². The predicted octanol–water partition coefficient (Wildman–Crippen LogP) is 4.23. The predicted molar refractivity (Wildman–Crippen MR) is 98.9 cm³/mol. The van der Waals surface area contributed by atoms with E-state index in [0.29, 0.717) is 28.0 Å². The van der Waals surface area contributed by atoms with Crippen LogP contribution in [-0.4, -0.2) is 18.2 Å². The molecule has 0 fully saturated rings. The van der Waals surface area contributed by atoms with E-state index >= 15 is 0 Å². The summed E-state index contributed by atoms with van der Waals surface area (Å²) in [5.41, 5.74) is 2.98. The lowest BCUT2D eigenvalue weighted by Crippen LogP contribution is -2.15. The van der Waals surface area contributed by atoms with Crippen molar-refractivity contribution >= 4 is 40.5 Å². The molecule has 0 aromatic heterocycles. The van der Waals surface area contributed by atoms with Crippen LogP contribution in [0, 0.1) is 0 Å². The van der Waals surface area contributed by atoms with E-state index in [9.17, 15) is 4.79 Å². The summed E-state index contributed by atoms with van der Waals surface area (Å²) in [5, 5.41) is 6.99. The molecule has 1 aliphatic heterocycles. The Labute approximate surface area is 150 Å². The Kier molecular flexibility index (Phi) is 4.88. The molecule has 1 heterocycles. The molecule has 0 spiro atoms. The summed E-state index contributed by atoms with van der Waals surface area (Å²) in [6, 6.07) is 12.6. The van der Waals surface area contributed by atoms with Crippen LogP contribution in [0.1, 0.15) is 18.1 Å². The minimum atomic E-state index is -0.290. The fourth-order valence-corrected chi connectivity index (χ4v) is 2.79. The SMILES string of the molecule is CCNC=C1N=C(c2ccccc2Cl)c2cc(Cl)ccc2NC1=O. The summed E-state index contributed by atoms with van der Waals surface area (Å²) in [6.45, 7) is 2.63. The Bertz CT molecular complexity index is 859. The first-order valence-corrected chi connectivity index (χ1v) is 8.24. The standard InChI is InChI=1S/C18H15Cl2N3O/c1-2-21-10-16-18(24)23-15-8-7-11(19)9-13(15)17(22-16)12-5-3-4-6-14(12)20/h3-10,21H,2H2,1H3,(H,23,24). The lowest BCUT2D eigenvalue weighted by Gasteiger charge is -2.11. The van der Waals surface area contributed by atoms with Gasteiger partial charge in [-0.1, -0.05) is 41.4 Å². The van der Waals surface area contributed by atoms with Gasteiger partial charge in [0.15, 0.2) is 0 Å². The van der Waals surface area contributed by atoms with Gasteiger partial charge in [0.1, 0.15) is 5.70 Å². The molecular formula is C18H15Cl2N3O. The van der Waals surface area contributed by atoms with Crippen LogP contribution in [0.3, 0.4) is 0 Å². The van der Waals surface area contributed by atoms with Crippen molar-refractivity contribution in [3.63, 3.8) is 0 Å². The zero-order valence-corrected chi connectivity index (χ0v) is 14.4. The minimum Gasteiger partial charge on any atom is -0.389 e. The van der Waals surface area contributed by atoms with Crippen molar-refractivity contribution in [3.8, 4) is 0 Å². The summed E-state index contributed by atoms with van der Waals surface area (Å²) in [5.74, 6) is -0.290. The topological polar surface area (TPSA) is 53.5 Å². The molecule has 0 aliphatic carbocycles. The number of hydrogen-bond donors (Lipinski definition) is 2. The third-order valence-corrected chi connectivity index (χ3v) is 4.09. The van der Waals surface area contributed by atoms with E-state index in [1.807, 2.05) is 25.1 Å². The number of nitrogens with zero attached hydrogens (tertiary/aromatic N) is 1. The number of anilines is 1. The molecule has 2 N–H and O–H groups in total. The van der Waals surface area contributed by atoms with Crippen LogP contribution >= 0.6 is 23.2 Å². The average molecular weight is 360 g/mol. The number of carbonyl (C=O) groups excluding carboxylic acids is 1. The maximum atomic E-state index is 12.4. The normalized spacial score (nSPS) is 15.4.